The highest BCUT2D eigenvalue weighted by Gasteiger charge is 2.25. The van der Waals surface area contributed by atoms with Crippen molar-refractivity contribution >= 4 is 17.5 Å². The van der Waals surface area contributed by atoms with Crippen molar-refractivity contribution in [1.82, 2.24) is 4.90 Å². The molecule has 1 amide bonds. The molecule has 0 bridgehead atoms. The van der Waals surface area contributed by atoms with E-state index in [1.54, 1.807) is 12.1 Å². The predicted molar refractivity (Wildman–Crippen MR) is 96.3 cm³/mol. The molecule has 1 unspecified atom stereocenters. The number of piperidine rings is 1. The van der Waals surface area contributed by atoms with Crippen LogP contribution in [0.4, 0.5) is 0 Å². The quantitative estimate of drug-likeness (QED) is 0.819. The van der Waals surface area contributed by atoms with Gasteiger partial charge in [-0.15, -0.1) is 0 Å². The van der Waals surface area contributed by atoms with Gasteiger partial charge < -0.3 is 9.64 Å². The molecular formula is C20H22ClNO2. The summed E-state index contributed by atoms with van der Waals surface area (Å²) < 4.78 is 6.04. The highest BCUT2D eigenvalue weighted by atomic mass is 35.5. The minimum absolute atomic E-state index is 0.0290. The molecule has 1 aliphatic rings. The standard InChI is InChI=1S/C20H22ClNO2/c1-15-5-2-6-16(11-15)14-24-19-9-4-10-22(13-19)20(23)17-7-3-8-18(21)12-17/h2-3,5-8,11-12,19H,4,9-10,13-14H2,1H3. The van der Waals surface area contributed by atoms with Crippen molar-refractivity contribution in [3.05, 3.63) is 70.2 Å². The second kappa shape index (κ2) is 7.82. The van der Waals surface area contributed by atoms with Crippen LogP contribution in [0.1, 0.15) is 34.3 Å². The van der Waals surface area contributed by atoms with Gasteiger partial charge >= 0.3 is 0 Å². The van der Waals surface area contributed by atoms with E-state index in [9.17, 15) is 4.79 Å². The van der Waals surface area contributed by atoms with E-state index in [2.05, 4.69) is 25.1 Å². The first-order chi connectivity index (χ1) is 11.6. The van der Waals surface area contributed by atoms with Crippen molar-refractivity contribution in [1.29, 1.82) is 0 Å². The topological polar surface area (TPSA) is 29.5 Å². The van der Waals surface area contributed by atoms with Crippen molar-refractivity contribution < 1.29 is 9.53 Å². The molecule has 3 nitrogen and oxygen atoms in total. The number of carbonyl (C=O) groups is 1. The van der Waals surface area contributed by atoms with Crippen LogP contribution in [0, 0.1) is 6.92 Å². The van der Waals surface area contributed by atoms with Crippen molar-refractivity contribution in [2.45, 2.75) is 32.5 Å². The molecular weight excluding hydrogens is 322 g/mol. The van der Waals surface area contributed by atoms with Gasteiger partial charge in [0.25, 0.3) is 5.91 Å². The Labute approximate surface area is 148 Å². The van der Waals surface area contributed by atoms with Gasteiger partial charge in [-0.25, -0.2) is 0 Å². The number of likely N-dealkylation sites (tertiary alicyclic amines) is 1. The minimum atomic E-state index is 0.0290. The molecule has 1 heterocycles. The molecule has 1 fully saturated rings. The molecule has 0 radical (unpaired) electrons. The highest BCUT2D eigenvalue weighted by Crippen LogP contribution is 2.19. The van der Waals surface area contributed by atoms with E-state index in [1.807, 2.05) is 23.1 Å². The van der Waals surface area contributed by atoms with E-state index < -0.39 is 0 Å². The number of halogens is 1. The molecule has 1 atom stereocenters. The smallest absolute Gasteiger partial charge is 0.253 e. The summed E-state index contributed by atoms with van der Waals surface area (Å²) in [6.07, 6.45) is 2.04. The van der Waals surface area contributed by atoms with E-state index in [4.69, 9.17) is 16.3 Å². The number of ether oxygens (including phenoxy) is 1. The fourth-order valence-corrected chi connectivity index (χ4v) is 3.27. The predicted octanol–water partition coefficient (Wildman–Crippen LogP) is 4.47. The average molecular weight is 344 g/mol. The van der Waals surface area contributed by atoms with Crippen LogP contribution >= 0.6 is 11.6 Å². The molecule has 2 aromatic rings. The number of carbonyl (C=O) groups excluding carboxylic acids is 1. The van der Waals surface area contributed by atoms with Gasteiger partial charge in [0.1, 0.15) is 0 Å². The van der Waals surface area contributed by atoms with E-state index in [0.717, 1.165) is 19.4 Å². The third kappa shape index (κ3) is 4.37. The maximum atomic E-state index is 12.6. The van der Waals surface area contributed by atoms with Gasteiger partial charge in [0, 0.05) is 23.7 Å². The van der Waals surface area contributed by atoms with Crippen molar-refractivity contribution in [2.75, 3.05) is 13.1 Å². The lowest BCUT2D eigenvalue weighted by Gasteiger charge is -2.32. The van der Waals surface area contributed by atoms with Gasteiger partial charge in [0.05, 0.1) is 12.7 Å². The number of amides is 1. The molecule has 4 heteroatoms. The summed E-state index contributed by atoms with van der Waals surface area (Å²) in [5.41, 5.74) is 3.05. The summed E-state index contributed by atoms with van der Waals surface area (Å²) in [6.45, 7) is 4.08. The van der Waals surface area contributed by atoms with Crippen molar-refractivity contribution in [3.8, 4) is 0 Å². The third-order valence-corrected chi connectivity index (χ3v) is 4.54. The molecule has 3 rings (SSSR count). The number of benzene rings is 2. The lowest BCUT2D eigenvalue weighted by Crippen LogP contribution is -2.43. The van der Waals surface area contributed by atoms with Crippen LogP contribution in [0.25, 0.3) is 0 Å². The van der Waals surface area contributed by atoms with E-state index in [1.165, 1.54) is 11.1 Å². The molecule has 24 heavy (non-hydrogen) atoms. The molecule has 0 saturated carbocycles. The molecule has 2 aromatic carbocycles. The lowest BCUT2D eigenvalue weighted by atomic mass is 10.1. The molecule has 1 saturated heterocycles. The Morgan fingerprint density at radius 3 is 2.88 bits per heavy atom. The Hall–Kier alpha value is -1.84. The number of hydrogen-bond donors (Lipinski definition) is 0. The number of hydrogen-bond acceptors (Lipinski definition) is 2. The average Bonchev–Trinajstić information content (AvgIpc) is 2.60. The number of rotatable bonds is 4. The van der Waals surface area contributed by atoms with Gasteiger partial charge in [0.2, 0.25) is 0 Å². The largest absolute Gasteiger partial charge is 0.372 e. The number of nitrogens with zero attached hydrogens (tertiary/aromatic N) is 1. The second-order valence-corrected chi connectivity index (χ2v) is 6.76. The summed E-state index contributed by atoms with van der Waals surface area (Å²) in [5, 5.41) is 0.588. The first-order valence-corrected chi connectivity index (χ1v) is 8.71. The summed E-state index contributed by atoms with van der Waals surface area (Å²) in [6, 6.07) is 15.5. The fourth-order valence-electron chi connectivity index (χ4n) is 3.08. The molecule has 0 aromatic heterocycles. The molecule has 0 aliphatic carbocycles. The number of aryl methyl sites for hydroxylation is 1. The molecule has 126 valence electrons. The van der Waals surface area contributed by atoms with Crippen LogP contribution in [0.2, 0.25) is 5.02 Å². The summed E-state index contributed by atoms with van der Waals surface area (Å²) >= 11 is 5.99. The zero-order valence-electron chi connectivity index (χ0n) is 13.9. The Morgan fingerprint density at radius 2 is 2.08 bits per heavy atom. The van der Waals surface area contributed by atoms with Gasteiger partial charge in [-0.05, 0) is 43.5 Å². The Balaban J connectivity index is 1.59. The van der Waals surface area contributed by atoms with Crippen molar-refractivity contribution in [2.24, 2.45) is 0 Å². The molecule has 1 aliphatic heterocycles. The van der Waals surface area contributed by atoms with Gasteiger partial charge in [-0.2, -0.15) is 0 Å². The van der Waals surface area contributed by atoms with E-state index >= 15 is 0 Å². The Morgan fingerprint density at radius 1 is 1.25 bits per heavy atom. The lowest BCUT2D eigenvalue weighted by molar-refractivity contribution is -0.00673. The van der Waals surface area contributed by atoms with Gasteiger partial charge in [0.15, 0.2) is 0 Å². The van der Waals surface area contributed by atoms with E-state index in [0.29, 0.717) is 23.7 Å². The monoisotopic (exact) mass is 343 g/mol. The summed E-state index contributed by atoms with van der Waals surface area (Å²) in [5.74, 6) is 0.0290. The molecule has 0 spiro atoms. The molecule has 0 N–H and O–H groups in total. The Bertz CT molecular complexity index is 716. The third-order valence-electron chi connectivity index (χ3n) is 4.31. The summed E-state index contributed by atoms with van der Waals surface area (Å²) in [4.78, 5) is 14.5. The minimum Gasteiger partial charge on any atom is -0.372 e. The van der Waals surface area contributed by atoms with Crippen molar-refractivity contribution in [3.63, 3.8) is 0 Å². The van der Waals surface area contributed by atoms with Crippen LogP contribution in [-0.4, -0.2) is 30.0 Å². The van der Waals surface area contributed by atoms with Crippen LogP contribution in [0.15, 0.2) is 48.5 Å². The maximum Gasteiger partial charge on any atom is 0.253 e. The zero-order valence-corrected chi connectivity index (χ0v) is 14.6. The van der Waals surface area contributed by atoms with Crippen LogP contribution in [0.5, 0.6) is 0 Å². The van der Waals surface area contributed by atoms with Crippen LogP contribution < -0.4 is 0 Å². The normalized spacial score (nSPS) is 17.8. The zero-order chi connectivity index (χ0) is 16.9. The van der Waals surface area contributed by atoms with Crippen LogP contribution in [-0.2, 0) is 11.3 Å². The first-order valence-electron chi connectivity index (χ1n) is 8.34. The SMILES string of the molecule is Cc1cccc(COC2CCCN(C(=O)c3cccc(Cl)c3)C2)c1. The van der Waals surface area contributed by atoms with Crippen LogP contribution in [0.3, 0.4) is 0 Å². The van der Waals surface area contributed by atoms with Gasteiger partial charge in [-0.3, -0.25) is 4.79 Å². The fraction of sp³-hybridized carbons (Fsp3) is 0.350. The Kier molecular flexibility index (Phi) is 5.54. The first kappa shape index (κ1) is 17.0. The van der Waals surface area contributed by atoms with Gasteiger partial charge in [-0.1, -0.05) is 47.5 Å². The van der Waals surface area contributed by atoms with E-state index in [-0.39, 0.29) is 12.0 Å². The maximum absolute atomic E-state index is 12.6. The summed E-state index contributed by atoms with van der Waals surface area (Å²) in [7, 11) is 0. The highest BCUT2D eigenvalue weighted by molar-refractivity contribution is 6.30. The second-order valence-electron chi connectivity index (χ2n) is 6.33.